The van der Waals surface area contributed by atoms with Crippen LogP contribution in [-0.4, -0.2) is 29.0 Å². The molecule has 4 aromatic rings. The van der Waals surface area contributed by atoms with Crippen LogP contribution in [-0.2, 0) is 19.6 Å². The van der Waals surface area contributed by atoms with Crippen LogP contribution in [0.4, 0.5) is 0 Å². The van der Waals surface area contributed by atoms with Crippen molar-refractivity contribution in [3.63, 3.8) is 0 Å². The normalized spacial score (nSPS) is 14.3. The number of imidazole rings is 1. The zero-order chi connectivity index (χ0) is 24.7. The van der Waals surface area contributed by atoms with E-state index in [-0.39, 0.29) is 24.9 Å². The van der Waals surface area contributed by atoms with Crippen molar-refractivity contribution in [1.29, 1.82) is 0 Å². The molecule has 3 aromatic heterocycles. The molecule has 1 aliphatic rings. The first-order chi connectivity index (χ1) is 16.9. The summed E-state index contributed by atoms with van der Waals surface area (Å²) in [6.45, 7) is 6.61. The van der Waals surface area contributed by atoms with E-state index in [1.807, 2.05) is 61.7 Å². The average Bonchev–Trinajstić information content (AvgIpc) is 3.59. The third kappa shape index (κ3) is 3.96. The van der Waals surface area contributed by atoms with Crippen LogP contribution in [0.15, 0.2) is 52.3 Å². The van der Waals surface area contributed by atoms with E-state index >= 15 is 0 Å². The number of carbonyl (C=O) groups excluding carboxylic acids is 1. The quantitative estimate of drug-likeness (QED) is 0.382. The topological polar surface area (TPSA) is 83.8 Å². The Bertz CT molecular complexity index is 1510. The van der Waals surface area contributed by atoms with E-state index < -0.39 is 11.2 Å². The minimum atomic E-state index is -0.513. The number of aromatic nitrogens is 5. The lowest BCUT2D eigenvalue weighted by molar-refractivity contribution is 0.0968. The smallest absolute Gasteiger partial charge is 0.333 e. The number of rotatable bonds is 7. The number of hydrogen-bond acceptors (Lipinski definition) is 4. The molecule has 0 saturated heterocycles. The Morgan fingerprint density at radius 2 is 1.74 bits per heavy atom. The van der Waals surface area contributed by atoms with Gasteiger partial charge in [-0.05, 0) is 45.2 Å². The van der Waals surface area contributed by atoms with Crippen LogP contribution in [0.3, 0.4) is 0 Å². The first-order valence-corrected chi connectivity index (χ1v) is 12.3. The fraction of sp³-hybridized carbons (Fsp3) is 0.407. The first-order valence-electron chi connectivity index (χ1n) is 12.3. The second-order valence-corrected chi connectivity index (χ2v) is 9.46. The first kappa shape index (κ1) is 23.1. The van der Waals surface area contributed by atoms with Crippen LogP contribution in [0.25, 0.3) is 11.2 Å². The summed E-state index contributed by atoms with van der Waals surface area (Å²) < 4.78 is 6.61. The maximum atomic E-state index is 13.7. The zero-order valence-electron chi connectivity index (χ0n) is 20.5. The molecule has 1 aliphatic carbocycles. The highest BCUT2D eigenvalue weighted by Crippen LogP contribution is 2.31. The number of benzene rings is 1. The predicted octanol–water partition coefficient (Wildman–Crippen LogP) is 3.84. The van der Waals surface area contributed by atoms with Gasteiger partial charge in [0.15, 0.2) is 16.9 Å². The Hall–Kier alpha value is -3.68. The van der Waals surface area contributed by atoms with Gasteiger partial charge in [0.1, 0.15) is 0 Å². The highest BCUT2D eigenvalue weighted by molar-refractivity contribution is 5.97. The van der Waals surface area contributed by atoms with Crippen molar-refractivity contribution in [3.8, 4) is 0 Å². The van der Waals surface area contributed by atoms with Gasteiger partial charge in [0, 0.05) is 29.5 Å². The van der Waals surface area contributed by atoms with Crippen molar-refractivity contribution in [3.05, 3.63) is 86.1 Å². The Labute approximate surface area is 203 Å². The molecule has 1 saturated carbocycles. The number of carbonyl (C=O) groups is 1. The van der Waals surface area contributed by atoms with Crippen molar-refractivity contribution < 1.29 is 4.79 Å². The molecular weight excluding hydrogens is 442 g/mol. The average molecular weight is 474 g/mol. The van der Waals surface area contributed by atoms with E-state index in [1.54, 1.807) is 6.33 Å². The Balaban J connectivity index is 1.66. The minimum Gasteiger partial charge on any atom is -0.349 e. The van der Waals surface area contributed by atoms with Crippen LogP contribution in [0, 0.1) is 13.8 Å². The summed E-state index contributed by atoms with van der Waals surface area (Å²) in [5, 5.41) is 0. The summed E-state index contributed by atoms with van der Waals surface area (Å²) in [7, 11) is 0. The molecule has 0 aliphatic heterocycles. The Kier molecular flexibility index (Phi) is 6.05. The number of fused-ring (bicyclic) bond motifs is 1. The molecule has 8 nitrogen and oxygen atoms in total. The molecule has 0 radical (unpaired) electrons. The second kappa shape index (κ2) is 9.17. The lowest BCUT2D eigenvalue weighted by atomic mass is 10.1. The molecule has 0 bridgehead atoms. The van der Waals surface area contributed by atoms with Gasteiger partial charge in [0.2, 0.25) is 0 Å². The fourth-order valence-electron chi connectivity index (χ4n) is 5.51. The number of hydrogen-bond donors (Lipinski definition) is 0. The van der Waals surface area contributed by atoms with Crippen LogP contribution in [0.5, 0.6) is 0 Å². The van der Waals surface area contributed by atoms with E-state index in [0.717, 1.165) is 53.7 Å². The maximum Gasteiger partial charge on any atom is 0.333 e. The molecule has 5 rings (SSSR count). The number of Topliss-reactive ketones (excluding diaryl/α,β-unsaturated/α-hetero) is 1. The molecule has 8 heteroatoms. The molecular formula is C27H31N5O3. The van der Waals surface area contributed by atoms with Gasteiger partial charge in [-0.3, -0.25) is 18.7 Å². The van der Waals surface area contributed by atoms with Crippen molar-refractivity contribution in [1.82, 2.24) is 23.3 Å². The summed E-state index contributed by atoms with van der Waals surface area (Å²) in [5.74, 6) is -0.241. The monoisotopic (exact) mass is 473 g/mol. The molecule has 0 spiro atoms. The highest BCUT2D eigenvalue weighted by atomic mass is 16.2. The van der Waals surface area contributed by atoms with E-state index in [0.29, 0.717) is 16.7 Å². The molecule has 3 heterocycles. The van der Waals surface area contributed by atoms with Crippen LogP contribution in [0.1, 0.15) is 66.0 Å². The molecule has 182 valence electrons. The molecule has 1 fully saturated rings. The van der Waals surface area contributed by atoms with E-state index in [2.05, 4.69) is 9.55 Å². The highest BCUT2D eigenvalue weighted by Gasteiger charge is 2.25. The summed E-state index contributed by atoms with van der Waals surface area (Å²) >= 11 is 0. The summed E-state index contributed by atoms with van der Waals surface area (Å²) in [4.78, 5) is 45.2. The third-order valence-corrected chi connectivity index (χ3v) is 7.33. The number of aryl methyl sites for hydroxylation is 1. The molecule has 0 unspecified atom stereocenters. The van der Waals surface area contributed by atoms with Crippen molar-refractivity contribution >= 4 is 16.9 Å². The Morgan fingerprint density at radius 1 is 1.03 bits per heavy atom. The van der Waals surface area contributed by atoms with Gasteiger partial charge in [-0.15, -0.1) is 0 Å². The predicted molar refractivity (Wildman–Crippen MR) is 135 cm³/mol. The lowest BCUT2D eigenvalue weighted by Crippen LogP contribution is -2.42. The largest absolute Gasteiger partial charge is 0.349 e. The summed E-state index contributed by atoms with van der Waals surface area (Å²) in [6, 6.07) is 11.6. The van der Waals surface area contributed by atoms with Crippen molar-refractivity contribution in [2.75, 3.05) is 0 Å². The second-order valence-electron chi connectivity index (χ2n) is 9.46. The minimum absolute atomic E-state index is 0.183. The van der Waals surface area contributed by atoms with Gasteiger partial charge in [0.05, 0.1) is 19.4 Å². The fourth-order valence-corrected chi connectivity index (χ4v) is 5.51. The van der Waals surface area contributed by atoms with Gasteiger partial charge in [-0.1, -0.05) is 43.2 Å². The van der Waals surface area contributed by atoms with E-state index in [1.165, 1.54) is 4.57 Å². The zero-order valence-corrected chi connectivity index (χ0v) is 20.5. The standard InChI is InChI=1S/C27H31N5O3/c1-4-29-18(2)14-22(19(29)3)23(33)16-31-26(34)24-25(28-17-32(24)21-12-8-9-13-21)30(27(31)35)15-20-10-6-5-7-11-20/h5-7,10-11,14,17,21H,4,8-9,12-13,15-16H2,1-3H3. The lowest BCUT2D eigenvalue weighted by Gasteiger charge is -2.15. The molecule has 1 aromatic carbocycles. The SMILES string of the molecule is CCn1c(C)cc(C(=O)Cn2c(=O)c3c(ncn3C3CCCC3)n(Cc3ccccc3)c2=O)c1C. The van der Waals surface area contributed by atoms with Crippen molar-refractivity contribution in [2.24, 2.45) is 0 Å². The van der Waals surface area contributed by atoms with Crippen LogP contribution in [0.2, 0.25) is 0 Å². The van der Waals surface area contributed by atoms with E-state index in [9.17, 15) is 14.4 Å². The van der Waals surface area contributed by atoms with Gasteiger partial charge in [-0.2, -0.15) is 0 Å². The van der Waals surface area contributed by atoms with Crippen LogP contribution >= 0.6 is 0 Å². The van der Waals surface area contributed by atoms with Gasteiger partial charge >= 0.3 is 5.69 Å². The van der Waals surface area contributed by atoms with Crippen LogP contribution < -0.4 is 11.2 Å². The molecule has 0 amide bonds. The summed E-state index contributed by atoms with van der Waals surface area (Å²) in [6.07, 6.45) is 5.85. The van der Waals surface area contributed by atoms with Crippen molar-refractivity contribution in [2.45, 2.75) is 72.1 Å². The number of ketones is 1. The molecule has 0 atom stereocenters. The maximum absolute atomic E-state index is 13.7. The van der Waals surface area contributed by atoms with Gasteiger partial charge in [-0.25, -0.2) is 9.78 Å². The van der Waals surface area contributed by atoms with Gasteiger partial charge < -0.3 is 9.13 Å². The van der Waals surface area contributed by atoms with E-state index in [4.69, 9.17) is 0 Å². The number of nitrogens with zero attached hydrogens (tertiary/aromatic N) is 5. The molecule has 35 heavy (non-hydrogen) atoms. The summed E-state index contributed by atoms with van der Waals surface area (Å²) in [5.41, 5.74) is 3.13. The molecule has 0 N–H and O–H groups in total. The Morgan fingerprint density at radius 3 is 2.40 bits per heavy atom. The third-order valence-electron chi connectivity index (χ3n) is 7.33. The van der Waals surface area contributed by atoms with Gasteiger partial charge in [0.25, 0.3) is 5.56 Å².